The highest BCUT2D eigenvalue weighted by molar-refractivity contribution is 6.14. The molecule has 1 aliphatic rings. The molecule has 1 N–H and O–H groups in total. The van der Waals surface area contributed by atoms with Crippen LogP contribution >= 0.6 is 0 Å². The molecule has 1 rings (SSSR count). The molecule has 3 nitrogen and oxygen atoms in total. The normalized spacial score (nSPS) is 21.5. The quantitative estimate of drug-likeness (QED) is 0.443. The molecule has 11 heavy (non-hydrogen) atoms. The summed E-state index contributed by atoms with van der Waals surface area (Å²) in [6, 6.07) is 0. The van der Waals surface area contributed by atoms with E-state index in [0.29, 0.717) is 11.6 Å². The lowest BCUT2D eigenvalue weighted by molar-refractivity contribution is -0.121. The van der Waals surface area contributed by atoms with E-state index in [1.54, 1.807) is 6.08 Å². The smallest absolute Gasteiger partial charge is 0.232 e. The molecule has 0 radical (unpaired) electrons. The van der Waals surface area contributed by atoms with Gasteiger partial charge in [-0.15, -0.1) is 0 Å². The molecule has 60 valence electrons. The number of allylic oxidation sites excluding steroid dienone is 2. The van der Waals surface area contributed by atoms with Crippen LogP contribution < -0.4 is 5.32 Å². The number of ketones is 1. The van der Waals surface area contributed by atoms with Gasteiger partial charge in [-0.3, -0.25) is 9.59 Å². The average Bonchev–Trinajstić information content (AvgIpc) is 2.09. The molecule has 3 heteroatoms. The minimum absolute atomic E-state index is 0.0125. The maximum absolute atomic E-state index is 11.0. The Labute approximate surface area is 65.5 Å². The third-order valence-electron chi connectivity index (χ3n) is 1.40. The molecule has 0 aromatic rings. The first-order valence-electron chi connectivity index (χ1n) is 3.64. The number of rotatable bonds is 1. The summed E-state index contributed by atoms with van der Waals surface area (Å²) in [5, 5.41) is 2.51. The zero-order valence-corrected chi connectivity index (χ0v) is 6.68. The van der Waals surface area contributed by atoms with Crippen molar-refractivity contribution >= 4 is 11.7 Å². The number of carbonyl (C=O) groups excluding carboxylic acids is 2. The Morgan fingerprint density at radius 3 is 2.45 bits per heavy atom. The summed E-state index contributed by atoms with van der Waals surface area (Å²) in [5.41, 5.74) is 0.463. The SMILES string of the molecule is CC(C)/C=C1\NC(=O)CC1=O. The van der Waals surface area contributed by atoms with E-state index in [1.165, 1.54) is 0 Å². The van der Waals surface area contributed by atoms with E-state index in [9.17, 15) is 9.59 Å². The minimum Gasteiger partial charge on any atom is -0.323 e. The number of carbonyl (C=O) groups is 2. The van der Waals surface area contributed by atoms with Crippen LogP contribution in [0.15, 0.2) is 11.8 Å². The molecule has 1 aliphatic heterocycles. The lowest BCUT2D eigenvalue weighted by Gasteiger charge is -1.97. The Morgan fingerprint density at radius 1 is 1.45 bits per heavy atom. The van der Waals surface area contributed by atoms with Crippen LogP contribution in [0.4, 0.5) is 0 Å². The molecule has 0 aromatic carbocycles. The van der Waals surface area contributed by atoms with Crippen LogP contribution in [0.25, 0.3) is 0 Å². The monoisotopic (exact) mass is 153 g/mol. The topological polar surface area (TPSA) is 46.2 Å². The van der Waals surface area contributed by atoms with Crippen LogP contribution in [-0.2, 0) is 9.59 Å². The summed E-state index contributed by atoms with van der Waals surface area (Å²) in [6.07, 6.45) is 1.78. The fourth-order valence-corrected chi connectivity index (χ4v) is 0.973. The van der Waals surface area contributed by atoms with Gasteiger partial charge in [0.15, 0.2) is 5.78 Å². The van der Waals surface area contributed by atoms with E-state index in [0.717, 1.165) is 0 Å². The van der Waals surface area contributed by atoms with Crippen LogP contribution in [0.1, 0.15) is 20.3 Å². The van der Waals surface area contributed by atoms with Crippen molar-refractivity contribution < 1.29 is 9.59 Å². The first-order chi connectivity index (χ1) is 5.09. The van der Waals surface area contributed by atoms with Crippen molar-refractivity contribution in [3.8, 4) is 0 Å². The van der Waals surface area contributed by atoms with E-state index in [4.69, 9.17) is 0 Å². The second kappa shape index (κ2) is 2.86. The third kappa shape index (κ3) is 1.90. The second-order valence-corrected chi connectivity index (χ2v) is 2.97. The molecular formula is C8H11NO2. The summed E-state index contributed by atoms with van der Waals surface area (Å²) >= 11 is 0. The Bertz CT molecular complexity index is 228. The Balaban J connectivity index is 2.75. The minimum atomic E-state index is -0.193. The molecule has 1 saturated heterocycles. The molecular weight excluding hydrogens is 142 g/mol. The zero-order valence-electron chi connectivity index (χ0n) is 6.68. The molecule has 1 amide bonds. The lowest BCUT2D eigenvalue weighted by Crippen LogP contribution is -2.13. The number of hydrogen-bond acceptors (Lipinski definition) is 2. The average molecular weight is 153 g/mol. The maximum atomic E-state index is 11.0. The van der Waals surface area contributed by atoms with Gasteiger partial charge in [-0.2, -0.15) is 0 Å². The molecule has 0 aromatic heterocycles. The zero-order chi connectivity index (χ0) is 8.43. The lowest BCUT2D eigenvalue weighted by atomic mass is 10.1. The summed E-state index contributed by atoms with van der Waals surface area (Å²) in [5.74, 6) is 0.0120. The van der Waals surface area contributed by atoms with E-state index >= 15 is 0 Å². The van der Waals surface area contributed by atoms with Gasteiger partial charge in [0.25, 0.3) is 0 Å². The largest absolute Gasteiger partial charge is 0.323 e. The third-order valence-corrected chi connectivity index (χ3v) is 1.40. The number of hydrogen-bond donors (Lipinski definition) is 1. The molecule has 0 saturated carbocycles. The van der Waals surface area contributed by atoms with Gasteiger partial charge in [-0.05, 0) is 5.92 Å². The summed E-state index contributed by atoms with van der Waals surface area (Å²) < 4.78 is 0. The van der Waals surface area contributed by atoms with Crippen LogP contribution in [-0.4, -0.2) is 11.7 Å². The van der Waals surface area contributed by atoms with Crippen molar-refractivity contribution in [1.29, 1.82) is 0 Å². The Kier molecular flexibility index (Phi) is 2.08. The first-order valence-corrected chi connectivity index (χ1v) is 3.64. The fourth-order valence-electron chi connectivity index (χ4n) is 0.973. The van der Waals surface area contributed by atoms with Gasteiger partial charge >= 0.3 is 0 Å². The Morgan fingerprint density at radius 2 is 2.09 bits per heavy atom. The highest BCUT2D eigenvalue weighted by Crippen LogP contribution is 2.08. The van der Waals surface area contributed by atoms with E-state index in [1.807, 2.05) is 13.8 Å². The van der Waals surface area contributed by atoms with Crippen molar-refractivity contribution in [3.63, 3.8) is 0 Å². The van der Waals surface area contributed by atoms with Crippen molar-refractivity contribution in [2.24, 2.45) is 5.92 Å². The standard InChI is InChI=1S/C8H11NO2/c1-5(2)3-6-7(10)4-8(11)9-6/h3,5H,4H2,1-2H3,(H,9,11)/b6-3-. The van der Waals surface area contributed by atoms with Gasteiger partial charge in [0.1, 0.15) is 0 Å². The number of Topliss-reactive ketones (excluding diaryl/α,β-unsaturated/α-hetero) is 1. The number of amides is 1. The van der Waals surface area contributed by atoms with E-state index in [-0.39, 0.29) is 18.1 Å². The predicted octanol–water partition coefficient (Wildman–Crippen LogP) is 0.615. The molecule has 0 unspecified atom stereocenters. The molecule has 0 aliphatic carbocycles. The fraction of sp³-hybridized carbons (Fsp3) is 0.500. The first kappa shape index (κ1) is 7.98. The summed E-state index contributed by atoms with van der Waals surface area (Å²) in [6.45, 7) is 3.93. The number of nitrogens with one attached hydrogen (secondary N) is 1. The highest BCUT2D eigenvalue weighted by Gasteiger charge is 2.23. The van der Waals surface area contributed by atoms with Crippen molar-refractivity contribution in [1.82, 2.24) is 5.32 Å². The highest BCUT2D eigenvalue weighted by atomic mass is 16.2. The van der Waals surface area contributed by atoms with Crippen molar-refractivity contribution in [2.45, 2.75) is 20.3 Å². The van der Waals surface area contributed by atoms with Crippen LogP contribution in [0, 0.1) is 5.92 Å². The van der Waals surface area contributed by atoms with Gasteiger partial charge < -0.3 is 5.32 Å². The van der Waals surface area contributed by atoms with Gasteiger partial charge in [0.05, 0.1) is 12.1 Å². The molecule has 0 atom stereocenters. The molecule has 1 fully saturated rings. The van der Waals surface area contributed by atoms with Crippen LogP contribution in [0.3, 0.4) is 0 Å². The summed E-state index contributed by atoms with van der Waals surface area (Å²) in [4.78, 5) is 21.6. The molecule has 0 bridgehead atoms. The summed E-state index contributed by atoms with van der Waals surface area (Å²) in [7, 11) is 0. The maximum Gasteiger partial charge on any atom is 0.232 e. The van der Waals surface area contributed by atoms with Crippen molar-refractivity contribution in [3.05, 3.63) is 11.8 Å². The molecule has 1 heterocycles. The van der Waals surface area contributed by atoms with Crippen molar-refractivity contribution in [2.75, 3.05) is 0 Å². The second-order valence-electron chi connectivity index (χ2n) is 2.97. The van der Waals surface area contributed by atoms with Gasteiger partial charge in [-0.25, -0.2) is 0 Å². The van der Waals surface area contributed by atoms with E-state index < -0.39 is 0 Å². The van der Waals surface area contributed by atoms with Crippen LogP contribution in [0.2, 0.25) is 0 Å². The van der Waals surface area contributed by atoms with Crippen LogP contribution in [0.5, 0.6) is 0 Å². The van der Waals surface area contributed by atoms with E-state index in [2.05, 4.69) is 5.32 Å². The Hall–Kier alpha value is -1.12. The molecule has 0 spiro atoms. The van der Waals surface area contributed by atoms with Gasteiger partial charge in [0.2, 0.25) is 5.91 Å². The predicted molar refractivity (Wildman–Crippen MR) is 40.7 cm³/mol. The van der Waals surface area contributed by atoms with Gasteiger partial charge in [0, 0.05) is 0 Å². The van der Waals surface area contributed by atoms with Gasteiger partial charge in [-0.1, -0.05) is 19.9 Å².